The van der Waals surface area contributed by atoms with Gasteiger partial charge in [-0.2, -0.15) is 0 Å². The molecule has 230 valence electrons. The number of nitrogens with one attached hydrogen (secondary N) is 2. The van der Waals surface area contributed by atoms with E-state index < -0.39 is 6.03 Å². The van der Waals surface area contributed by atoms with Crippen molar-refractivity contribution in [2.75, 3.05) is 5.32 Å². The molecule has 1 aromatic rings. The molecule has 0 spiro atoms. The SMILES string of the molecule is CC(C)CCC[C@@H](C)C1CCC2C(NC(C)/C=C3/CC(O)CCC3(C)C)=CCC[C@@]21C.NC(=O)Nc1ccccc1. The first-order valence-electron chi connectivity index (χ1n) is 16.3. The van der Waals surface area contributed by atoms with Gasteiger partial charge >= 0.3 is 6.03 Å². The number of hydrogen-bond acceptors (Lipinski definition) is 3. The van der Waals surface area contributed by atoms with Crippen LogP contribution in [0.3, 0.4) is 0 Å². The number of aliphatic hydroxyl groups excluding tert-OH is 1. The highest BCUT2D eigenvalue weighted by Crippen LogP contribution is 2.58. The molecule has 5 nitrogen and oxygen atoms in total. The first-order chi connectivity index (χ1) is 19.3. The molecular weight excluding hydrogens is 506 g/mol. The van der Waals surface area contributed by atoms with Crippen molar-refractivity contribution in [3.8, 4) is 0 Å². The van der Waals surface area contributed by atoms with Crippen LogP contribution >= 0.6 is 0 Å². The molecule has 0 aromatic heterocycles. The molecule has 2 amide bonds. The van der Waals surface area contributed by atoms with Crippen molar-refractivity contribution in [2.45, 2.75) is 125 Å². The predicted molar refractivity (Wildman–Crippen MR) is 173 cm³/mol. The van der Waals surface area contributed by atoms with E-state index in [4.69, 9.17) is 5.73 Å². The van der Waals surface area contributed by atoms with Crippen molar-refractivity contribution in [1.29, 1.82) is 0 Å². The fourth-order valence-corrected chi connectivity index (χ4v) is 7.84. The predicted octanol–water partition coefficient (Wildman–Crippen LogP) is 8.81. The van der Waals surface area contributed by atoms with Gasteiger partial charge in [-0.15, -0.1) is 0 Å². The number of fused-ring (bicyclic) bond motifs is 1. The molecule has 0 radical (unpaired) electrons. The number of hydrogen-bond donors (Lipinski definition) is 4. The van der Waals surface area contributed by atoms with Crippen LogP contribution in [-0.2, 0) is 0 Å². The molecule has 0 heterocycles. The van der Waals surface area contributed by atoms with Gasteiger partial charge in [0.05, 0.1) is 6.10 Å². The minimum absolute atomic E-state index is 0.156. The van der Waals surface area contributed by atoms with E-state index in [-0.39, 0.29) is 11.5 Å². The second-order valence-corrected chi connectivity index (χ2v) is 14.5. The van der Waals surface area contributed by atoms with E-state index >= 15 is 0 Å². The van der Waals surface area contributed by atoms with Crippen LogP contribution in [0.5, 0.6) is 0 Å². The molecule has 0 aliphatic heterocycles. The van der Waals surface area contributed by atoms with Crippen LogP contribution < -0.4 is 16.4 Å². The number of benzene rings is 1. The fourth-order valence-electron chi connectivity index (χ4n) is 7.84. The first-order valence-corrected chi connectivity index (χ1v) is 16.3. The summed E-state index contributed by atoms with van der Waals surface area (Å²) in [6.45, 7) is 16.8. The molecule has 4 unspecified atom stereocenters. The Morgan fingerprint density at radius 1 is 1.05 bits per heavy atom. The maximum atomic E-state index is 10.3. The van der Waals surface area contributed by atoms with E-state index in [1.165, 1.54) is 56.2 Å². The highest BCUT2D eigenvalue weighted by Gasteiger charge is 2.50. The quantitative estimate of drug-likeness (QED) is 0.226. The smallest absolute Gasteiger partial charge is 0.316 e. The number of primary amides is 1. The molecule has 2 fully saturated rings. The van der Waals surface area contributed by atoms with Crippen LogP contribution in [0.25, 0.3) is 0 Å². The Kier molecular flexibility index (Phi) is 12.0. The van der Waals surface area contributed by atoms with Gasteiger partial charge < -0.3 is 21.5 Å². The van der Waals surface area contributed by atoms with Gasteiger partial charge in [0.25, 0.3) is 0 Å². The molecule has 4 rings (SSSR count). The number of allylic oxidation sites excluding steroid dienone is 2. The highest BCUT2D eigenvalue weighted by molar-refractivity contribution is 5.87. The number of anilines is 1. The number of rotatable bonds is 9. The van der Waals surface area contributed by atoms with Crippen molar-refractivity contribution in [3.63, 3.8) is 0 Å². The Bertz CT molecular complexity index is 1030. The minimum atomic E-state index is -0.536. The minimum Gasteiger partial charge on any atom is -0.393 e. The van der Waals surface area contributed by atoms with Crippen LogP contribution in [0.1, 0.15) is 113 Å². The van der Waals surface area contributed by atoms with Gasteiger partial charge in [0.1, 0.15) is 0 Å². The summed E-state index contributed by atoms with van der Waals surface area (Å²) in [6.07, 6.45) is 17.1. The van der Waals surface area contributed by atoms with E-state index in [0.717, 1.165) is 42.7 Å². The molecule has 3 aliphatic carbocycles. The van der Waals surface area contributed by atoms with E-state index in [9.17, 15) is 9.90 Å². The number of urea groups is 1. The number of carbonyl (C=O) groups excluding carboxylic acids is 1. The Hall–Kier alpha value is -2.27. The van der Waals surface area contributed by atoms with Gasteiger partial charge in [0, 0.05) is 23.3 Å². The molecule has 2 saturated carbocycles. The van der Waals surface area contributed by atoms with Gasteiger partial charge in [-0.3, -0.25) is 0 Å². The lowest BCUT2D eigenvalue weighted by molar-refractivity contribution is 0.102. The molecule has 41 heavy (non-hydrogen) atoms. The summed E-state index contributed by atoms with van der Waals surface area (Å²) < 4.78 is 0. The Morgan fingerprint density at radius 2 is 1.76 bits per heavy atom. The Balaban J connectivity index is 0.000000389. The zero-order valence-corrected chi connectivity index (χ0v) is 27.0. The fraction of sp³-hybridized carbons (Fsp3) is 0.694. The lowest BCUT2D eigenvalue weighted by Gasteiger charge is -2.44. The van der Waals surface area contributed by atoms with Crippen LogP contribution in [0.4, 0.5) is 10.5 Å². The summed E-state index contributed by atoms with van der Waals surface area (Å²) in [7, 11) is 0. The maximum absolute atomic E-state index is 10.3. The van der Waals surface area contributed by atoms with Crippen LogP contribution in [0.2, 0.25) is 0 Å². The molecule has 3 aliphatic rings. The Morgan fingerprint density at radius 3 is 2.41 bits per heavy atom. The van der Waals surface area contributed by atoms with Gasteiger partial charge in [0.2, 0.25) is 0 Å². The lowest BCUT2D eigenvalue weighted by atomic mass is 9.63. The largest absolute Gasteiger partial charge is 0.393 e. The van der Waals surface area contributed by atoms with Crippen molar-refractivity contribution in [2.24, 2.45) is 40.2 Å². The summed E-state index contributed by atoms with van der Waals surface area (Å²) >= 11 is 0. The summed E-state index contributed by atoms with van der Waals surface area (Å²) in [5.41, 5.74) is 9.22. The highest BCUT2D eigenvalue weighted by atomic mass is 16.3. The van der Waals surface area contributed by atoms with Gasteiger partial charge in [-0.05, 0) is 92.6 Å². The molecule has 1 aromatic carbocycles. The summed E-state index contributed by atoms with van der Waals surface area (Å²) in [4.78, 5) is 10.3. The lowest BCUT2D eigenvalue weighted by Crippen LogP contribution is -2.40. The topological polar surface area (TPSA) is 87.4 Å². The number of para-hydroxylation sites is 1. The summed E-state index contributed by atoms with van der Waals surface area (Å²) in [6, 6.07) is 8.85. The third-order valence-electron chi connectivity index (χ3n) is 10.3. The zero-order chi connectivity index (χ0) is 30.2. The number of carbonyl (C=O) groups is 1. The van der Waals surface area contributed by atoms with Crippen LogP contribution in [0.15, 0.2) is 53.8 Å². The normalized spacial score (nSPS) is 29.5. The number of nitrogens with two attached hydrogens (primary N) is 1. The van der Waals surface area contributed by atoms with Crippen molar-refractivity contribution in [1.82, 2.24) is 5.32 Å². The molecular formula is C36H59N3O2. The first kappa shape index (κ1) is 33.2. The average molecular weight is 566 g/mol. The Labute approximate surface area is 250 Å². The van der Waals surface area contributed by atoms with Crippen LogP contribution in [0, 0.1) is 34.5 Å². The van der Waals surface area contributed by atoms with E-state index in [1.807, 2.05) is 18.2 Å². The zero-order valence-electron chi connectivity index (χ0n) is 27.0. The average Bonchev–Trinajstić information content (AvgIpc) is 3.25. The second-order valence-electron chi connectivity index (χ2n) is 14.5. The van der Waals surface area contributed by atoms with Gasteiger partial charge in [-0.25, -0.2) is 4.79 Å². The van der Waals surface area contributed by atoms with Gasteiger partial charge in [0.15, 0.2) is 0 Å². The molecule has 0 saturated heterocycles. The number of amides is 2. The van der Waals surface area contributed by atoms with Crippen LogP contribution in [-0.4, -0.2) is 23.3 Å². The van der Waals surface area contributed by atoms with E-state index in [2.05, 4.69) is 71.3 Å². The second kappa shape index (κ2) is 14.8. The number of aliphatic hydroxyl groups is 1. The van der Waals surface area contributed by atoms with Gasteiger partial charge in [-0.1, -0.05) is 96.7 Å². The summed E-state index contributed by atoms with van der Waals surface area (Å²) in [5.74, 6) is 3.25. The molecule has 6 atom stereocenters. The third-order valence-corrected chi connectivity index (χ3v) is 10.3. The van der Waals surface area contributed by atoms with Crippen molar-refractivity contribution in [3.05, 3.63) is 53.8 Å². The standard InChI is InChI=1S/C29H51NO.C7H8N2O/c1-20(2)10-8-11-21(3)25-13-14-26-27(12-9-16-29(25,26)7)30-22(4)18-23-19-24(31)15-17-28(23,5)6;8-7(10)9-6-4-2-1-3-5-6/h12,18,20-22,24-26,30-31H,8-11,13-17,19H2,1-7H3;1-5H,(H3,8,9,10)/b23-18-;/t21-,22?,24?,25?,26?,29-;/m1./s1. The summed E-state index contributed by atoms with van der Waals surface area (Å²) in [5, 5.41) is 16.6. The molecule has 5 heteroatoms. The third kappa shape index (κ3) is 9.36. The van der Waals surface area contributed by atoms with Crippen molar-refractivity contribution >= 4 is 11.7 Å². The van der Waals surface area contributed by atoms with E-state index in [1.54, 1.807) is 12.1 Å². The molecule has 0 bridgehead atoms. The monoisotopic (exact) mass is 565 g/mol. The van der Waals surface area contributed by atoms with E-state index in [0.29, 0.717) is 17.4 Å². The molecule has 5 N–H and O–H groups in total. The maximum Gasteiger partial charge on any atom is 0.316 e. The van der Waals surface area contributed by atoms with Crippen molar-refractivity contribution < 1.29 is 9.90 Å².